The molecule has 0 saturated carbocycles. The molecular weight excluding hydrogens is 300 g/mol. The number of aryl methyl sites for hydroxylation is 2. The van der Waals surface area contributed by atoms with E-state index in [1.165, 1.54) is 25.3 Å². The number of hydrogen-bond acceptors (Lipinski definition) is 2. The summed E-state index contributed by atoms with van der Waals surface area (Å²) < 4.78 is 0. The minimum absolute atomic E-state index is 0.0681. The predicted octanol–water partition coefficient (Wildman–Crippen LogP) is 3.66. The van der Waals surface area contributed by atoms with Crippen LogP contribution in [0.25, 0.3) is 0 Å². The second kappa shape index (κ2) is 8.67. The number of carbonyl (C=O) groups excluding carboxylic acids is 2. The normalized spacial score (nSPS) is 14.0. The van der Waals surface area contributed by atoms with E-state index in [0.717, 1.165) is 36.1 Å². The molecule has 1 aliphatic rings. The maximum absolute atomic E-state index is 12.2. The van der Waals surface area contributed by atoms with Crippen molar-refractivity contribution in [3.05, 3.63) is 41.0 Å². The Morgan fingerprint density at radius 1 is 1.21 bits per heavy atom. The molecule has 2 rings (SSSR count). The molecule has 1 N–H and O–H groups in total. The molecule has 0 unspecified atom stereocenters. The highest BCUT2D eigenvalue weighted by Crippen LogP contribution is 2.22. The molecule has 1 aromatic carbocycles. The minimum Gasteiger partial charge on any atom is -0.354 e. The molecule has 4 heteroatoms. The summed E-state index contributed by atoms with van der Waals surface area (Å²) in [5, 5.41) is 2.95. The van der Waals surface area contributed by atoms with Gasteiger partial charge in [-0.05, 0) is 63.1 Å². The van der Waals surface area contributed by atoms with Gasteiger partial charge < -0.3 is 10.2 Å². The molecule has 4 nitrogen and oxygen atoms in total. The molecular formula is C20H28N2O2. The molecule has 2 amide bonds. The zero-order chi connectivity index (χ0) is 17.5. The fraction of sp³-hybridized carbons (Fsp3) is 0.500. The van der Waals surface area contributed by atoms with Gasteiger partial charge in [-0.25, -0.2) is 0 Å². The van der Waals surface area contributed by atoms with E-state index in [0.29, 0.717) is 6.54 Å². The van der Waals surface area contributed by atoms with Gasteiger partial charge in [0.15, 0.2) is 0 Å². The van der Waals surface area contributed by atoms with Crippen LogP contribution in [0.2, 0.25) is 0 Å². The van der Waals surface area contributed by atoms with Crippen molar-refractivity contribution in [1.82, 2.24) is 5.32 Å². The third kappa shape index (κ3) is 5.22. The Morgan fingerprint density at radius 2 is 2.00 bits per heavy atom. The summed E-state index contributed by atoms with van der Waals surface area (Å²) in [6, 6.07) is 5.94. The highest BCUT2D eigenvalue weighted by Gasteiger charge is 2.17. The van der Waals surface area contributed by atoms with Gasteiger partial charge in [0, 0.05) is 19.2 Å². The Kier molecular flexibility index (Phi) is 6.59. The SMILES string of the molecule is CC(=O)N(CC(=O)NCCC1=CCCCC1)c1cc(C)ccc1C. The first-order chi connectivity index (χ1) is 11.5. The third-order valence-corrected chi connectivity index (χ3v) is 4.49. The van der Waals surface area contributed by atoms with Crippen molar-refractivity contribution in [2.24, 2.45) is 0 Å². The molecule has 130 valence electrons. The van der Waals surface area contributed by atoms with Crippen LogP contribution in [0.5, 0.6) is 0 Å². The van der Waals surface area contributed by atoms with E-state index in [9.17, 15) is 9.59 Å². The van der Waals surface area contributed by atoms with Crippen molar-refractivity contribution in [2.75, 3.05) is 18.0 Å². The topological polar surface area (TPSA) is 49.4 Å². The first kappa shape index (κ1) is 18.2. The van der Waals surface area contributed by atoms with E-state index in [1.54, 1.807) is 4.90 Å². The monoisotopic (exact) mass is 328 g/mol. The number of allylic oxidation sites excluding steroid dienone is 1. The molecule has 0 saturated heterocycles. The van der Waals surface area contributed by atoms with Crippen molar-refractivity contribution < 1.29 is 9.59 Å². The average Bonchev–Trinajstić information content (AvgIpc) is 2.56. The van der Waals surface area contributed by atoms with Crippen LogP contribution in [0, 0.1) is 13.8 Å². The highest BCUT2D eigenvalue weighted by molar-refractivity contribution is 5.98. The number of nitrogens with one attached hydrogen (secondary N) is 1. The van der Waals surface area contributed by atoms with Crippen molar-refractivity contribution in [2.45, 2.75) is 52.9 Å². The number of benzene rings is 1. The molecule has 0 fully saturated rings. The van der Waals surface area contributed by atoms with Crippen molar-refractivity contribution in [1.29, 1.82) is 0 Å². The zero-order valence-electron chi connectivity index (χ0n) is 15.0. The standard InChI is InChI=1S/C20H28N2O2/c1-15-9-10-16(2)19(13-15)22(17(3)23)14-20(24)21-12-11-18-7-5-4-6-8-18/h7,9-10,13H,4-6,8,11-12,14H2,1-3H3,(H,21,24). The van der Waals surface area contributed by atoms with Crippen molar-refractivity contribution in [3.8, 4) is 0 Å². The summed E-state index contributed by atoms with van der Waals surface area (Å²) in [4.78, 5) is 25.8. The first-order valence-corrected chi connectivity index (χ1v) is 8.77. The van der Waals surface area contributed by atoms with Gasteiger partial charge in [-0.2, -0.15) is 0 Å². The van der Waals surface area contributed by atoms with Crippen molar-refractivity contribution >= 4 is 17.5 Å². The molecule has 0 aromatic heterocycles. The van der Waals surface area contributed by atoms with Gasteiger partial charge in [-0.1, -0.05) is 23.8 Å². The second-order valence-corrected chi connectivity index (χ2v) is 6.60. The summed E-state index contributed by atoms with van der Waals surface area (Å²) in [5.74, 6) is -0.226. The number of carbonyl (C=O) groups is 2. The molecule has 0 spiro atoms. The van der Waals surface area contributed by atoms with E-state index < -0.39 is 0 Å². The number of amides is 2. The van der Waals surface area contributed by atoms with Gasteiger partial charge in [0.1, 0.15) is 6.54 Å². The molecule has 1 aromatic rings. The van der Waals surface area contributed by atoms with Crippen LogP contribution in [-0.2, 0) is 9.59 Å². The summed E-state index contributed by atoms with van der Waals surface area (Å²) in [5.41, 5.74) is 4.33. The van der Waals surface area contributed by atoms with Gasteiger partial charge in [0.05, 0.1) is 0 Å². The zero-order valence-corrected chi connectivity index (χ0v) is 15.0. The fourth-order valence-corrected chi connectivity index (χ4v) is 3.07. The van der Waals surface area contributed by atoms with E-state index in [4.69, 9.17) is 0 Å². The van der Waals surface area contributed by atoms with Crippen LogP contribution in [-0.4, -0.2) is 24.9 Å². The lowest BCUT2D eigenvalue weighted by molar-refractivity contribution is -0.123. The molecule has 0 radical (unpaired) electrons. The van der Waals surface area contributed by atoms with Crippen LogP contribution < -0.4 is 10.2 Å². The average molecular weight is 328 g/mol. The van der Waals surface area contributed by atoms with E-state index in [-0.39, 0.29) is 18.4 Å². The minimum atomic E-state index is -0.117. The fourth-order valence-electron chi connectivity index (χ4n) is 3.07. The number of hydrogen-bond donors (Lipinski definition) is 1. The highest BCUT2D eigenvalue weighted by atomic mass is 16.2. The lowest BCUT2D eigenvalue weighted by Gasteiger charge is -2.23. The lowest BCUT2D eigenvalue weighted by atomic mass is 9.97. The molecule has 24 heavy (non-hydrogen) atoms. The molecule has 0 bridgehead atoms. The van der Waals surface area contributed by atoms with Crippen LogP contribution in [0.3, 0.4) is 0 Å². The van der Waals surface area contributed by atoms with Gasteiger partial charge >= 0.3 is 0 Å². The van der Waals surface area contributed by atoms with Gasteiger partial charge in [0.2, 0.25) is 11.8 Å². The molecule has 0 aliphatic heterocycles. The van der Waals surface area contributed by atoms with E-state index in [2.05, 4.69) is 11.4 Å². The lowest BCUT2D eigenvalue weighted by Crippen LogP contribution is -2.40. The van der Waals surface area contributed by atoms with Crippen LogP contribution in [0.4, 0.5) is 5.69 Å². The van der Waals surface area contributed by atoms with Crippen LogP contribution >= 0.6 is 0 Å². The summed E-state index contributed by atoms with van der Waals surface area (Å²) in [6.07, 6.45) is 8.05. The summed E-state index contributed by atoms with van der Waals surface area (Å²) >= 11 is 0. The maximum Gasteiger partial charge on any atom is 0.240 e. The number of rotatable bonds is 6. The smallest absolute Gasteiger partial charge is 0.240 e. The Hall–Kier alpha value is -2.10. The Morgan fingerprint density at radius 3 is 2.67 bits per heavy atom. The van der Waals surface area contributed by atoms with E-state index in [1.807, 2.05) is 32.0 Å². The molecule has 1 aliphatic carbocycles. The predicted molar refractivity (Wildman–Crippen MR) is 98.1 cm³/mol. The second-order valence-electron chi connectivity index (χ2n) is 6.60. The van der Waals surface area contributed by atoms with Crippen molar-refractivity contribution in [3.63, 3.8) is 0 Å². The first-order valence-electron chi connectivity index (χ1n) is 8.77. The Bertz CT molecular complexity index is 635. The maximum atomic E-state index is 12.2. The molecule has 0 atom stereocenters. The number of nitrogens with zero attached hydrogens (tertiary/aromatic N) is 1. The summed E-state index contributed by atoms with van der Waals surface area (Å²) in [6.45, 7) is 6.15. The largest absolute Gasteiger partial charge is 0.354 e. The number of anilines is 1. The third-order valence-electron chi connectivity index (χ3n) is 4.49. The van der Waals surface area contributed by atoms with Gasteiger partial charge in [0.25, 0.3) is 0 Å². The van der Waals surface area contributed by atoms with Gasteiger partial charge in [-0.3, -0.25) is 9.59 Å². The van der Waals surface area contributed by atoms with Crippen LogP contribution in [0.1, 0.15) is 50.2 Å². The van der Waals surface area contributed by atoms with E-state index >= 15 is 0 Å². The quantitative estimate of drug-likeness (QED) is 0.810. The van der Waals surface area contributed by atoms with Gasteiger partial charge in [-0.15, -0.1) is 0 Å². The summed E-state index contributed by atoms with van der Waals surface area (Å²) in [7, 11) is 0. The van der Waals surface area contributed by atoms with Crippen LogP contribution in [0.15, 0.2) is 29.8 Å². The Labute approximate surface area is 144 Å². The Balaban J connectivity index is 1.92. The molecule has 0 heterocycles.